The lowest BCUT2D eigenvalue weighted by Gasteiger charge is -2.32. The molecule has 9 N–H and O–H groups in total. The number of hydrogen-bond donors (Lipinski definition) is 9. The molecule has 0 amide bonds. The number of rotatable bonds is 11. The molecule has 0 bridgehead atoms. The average molecular weight is 1300 g/mol. The molecule has 3 aromatic carbocycles. The lowest BCUT2D eigenvalue weighted by molar-refractivity contribution is -0.223. The number of benzene rings is 3. The Morgan fingerprint density at radius 2 is 0.798 bits per heavy atom. The highest BCUT2D eigenvalue weighted by Gasteiger charge is 2.67. The number of halogens is 4. The van der Waals surface area contributed by atoms with Crippen LogP contribution in [0.2, 0.25) is 20.2 Å². The second kappa shape index (κ2) is 23.8. The summed E-state index contributed by atoms with van der Waals surface area (Å²) in [5, 5.41) is 77.3. The maximum absolute atomic E-state index is 11.2. The molecule has 5 aliphatic rings. The molecule has 0 saturated carbocycles. The van der Waals surface area contributed by atoms with E-state index in [-0.39, 0.29) is 11.6 Å². The molecule has 5 aliphatic heterocycles. The van der Waals surface area contributed by atoms with Crippen LogP contribution in [0.5, 0.6) is 0 Å². The lowest BCUT2D eigenvalue weighted by atomic mass is 9.88. The largest absolute Gasteiger partial charge is 0.386 e. The zero-order chi connectivity index (χ0) is 63.3. The number of anilines is 2. The van der Waals surface area contributed by atoms with E-state index in [1.165, 1.54) is 30.5 Å². The Morgan fingerprint density at radius 1 is 0.461 bits per heavy atom. The summed E-state index contributed by atoms with van der Waals surface area (Å²) in [7, 11) is 0. The van der Waals surface area contributed by atoms with Gasteiger partial charge in [0.05, 0.1) is 16.2 Å². The van der Waals surface area contributed by atoms with Crippen LogP contribution in [0.25, 0.3) is 33.1 Å². The number of nitrogens with one attached hydrogen (secondary N) is 2. The summed E-state index contributed by atoms with van der Waals surface area (Å²) in [5.74, 6) is -1.23. The van der Waals surface area contributed by atoms with Gasteiger partial charge in [0, 0.05) is 33.7 Å². The summed E-state index contributed by atoms with van der Waals surface area (Å²) >= 11 is 24.1. The maximum atomic E-state index is 11.2. The Labute approximate surface area is 528 Å². The van der Waals surface area contributed by atoms with E-state index in [9.17, 15) is 35.9 Å². The molecule has 0 spiro atoms. The summed E-state index contributed by atoms with van der Waals surface area (Å²) in [6, 6.07) is 25.8. The van der Waals surface area contributed by atoms with Gasteiger partial charge in [0.15, 0.2) is 41.9 Å². The maximum Gasteiger partial charge on any atom is 0.165 e. The van der Waals surface area contributed by atoms with Crippen molar-refractivity contribution in [3.63, 3.8) is 0 Å². The third-order valence-corrected chi connectivity index (χ3v) is 17.9. The fraction of sp³-hybridized carbons (Fsp3) is 0.400. The van der Waals surface area contributed by atoms with Gasteiger partial charge in [-0.25, -0.2) is 29.9 Å². The van der Waals surface area contributed by atoms with Crippen molar-refractivity contribution in [3.05, 3.63) is 165 Å². The van der Waals surface area contributed by atoms with Gasteiger partial charge in [-0.15, -0.1) is 0 Å². The first kappa shape index (κ1) is 62.9. The van der Waals surface area contributed by atoms with Gasteiger partial charge in [-0.05, 0) is 120 Å². The lowest BCUT2D eigenvalue weighted by Crippen LogP contribution is -2.47. The second-order valence-electron chi connectivity index (χ2n) is 23.7. The van der Waals surface area contributed by atoms with E-state index in [1.807, 2.05) is 63.9 Å². The minimum Gasteiger partial charge on any atom is -0.386 e. The van der Waals surface area contributed by atoms with Gasteiger partial charge in [-0.2, -0.15) is 0 Å². The van der Waals surface area contributed by atoms with Crippen molar-refractivity contribution < 1.29 is 69.1 Å². The van der Waals surface area contributed by atoms with Crippen molar-refractivity contribution in [2.24, 2.45) is 0 Å². The summed E-state index contributed by atoms with van der Waals surface area (Å²) in [4.78, 5) is 24.9. The van der Waals surface area contributed by atoms with E-state index < -0.39 is 102 Å². The van der Waals surface area contributed by atoms with Crippen LogP contribution < -0.4 is 11.0 Å². The number of aliphatic hydroxyl groups excluding tert-OH is 4. The smallest absolute Gasteiger partial charge is 0.165 e. The summed E-state index contributed by atoms with van der Waals surface area (Å²) in [6.45, 7) is 12.6. The van der Waals surface area contributed by atoms with Gasteiger partial charge in [-0.1, -0.05) is 82.8 Å². The van der Waals surface area contributed by atoms with Gasteiger partial charge in [0.25, 0.3) is 0 Å². The first-order chi connectivity index (χ1) is 42.3. The molecule has 11 heterocycles. The van der Waals surface area contributed by atoms with Gasteiger partial charge in [-0.3, -0.25) is 21.4 Å². The standard InChI is InChI=1S/C21H21Cl2N3O4.C21H23ClN4O5.C18H19ClN4O5/c1-20(2)29-16-19(26-9-8-13-17(23)24-10-25-18(13)26)28-15(21(16,3)30-20)14(27)11-4-6-12(22)7-5-11;1-20(2)30-16-19(26-9-8-13-17(25-28)23-10-24-18(13)26)29-15(21(16,3)31-20)14(27)11-4-6-12(22)7-5-11;1-18(26)13(25)17(23-7-6-11-15(22-27)20-8-21-16(11)23)28-14(18)12(24)9-2-4-10(19)5-3-9/h4-10,14-16,19,27H,1-3H3;4-10,14-16,19,27-28H,1-3H3,(H,23,24,25);2-8,12-14,17,24-27H,1H3,(H,20,21,22)/t2*14-,15-,16+,19-,21-;12-,13+,14-,17?,18+/m111/s1. The van der Waals surface area contributed by atoms with Crippen LogP contribution in [-0.2, 0) is 33.2 Å². The van der Waals surface area contributed by atoms with Crippen molar-refractivity contribution in [2.75, 3.05) is 11.0 Å². The zero-order valence-electron chi connectivity index (χ0n) is 48.6. The molecule has 6 aromatic heterocycles. The first-order valence-corrected chi connectivity index (χ1v) is 29.6. The monoisotopic (exact) mass is 1300 g/mol. The molecule has 14 rings (SSSR count). The Morgan fingerprint density at radius 3 is 1.19 bits per heavy atom. The molecule has 0 radical (unpaired) electrons. The molecule has 9 aromatic rings. The van der Waals surface area contributed by atoms with Crippen LogP contribution in [0.3, 0.4) is 0 Å². The quantitative estimate of drug-likeness (QED) is 0.0430. The Balaban J connectivity index is 0.000000130. The van der Waals surface area contributed by atoms with E-state index in [1.54, 1.807) is 102 Å². The molecule has 15 atom stereocenters. The predicted octanol–water partition coefficient (Wildman–Crippen LogP) is 9.34. The summed E-state index contributed by atoms with van der Waals surface area (Å²) < 4.78 is 48.9. The van der Waals surface area contributed by atoms with Crippen LogP contribution in [0.1, 0.15) is 102 Å². The number of nitrogens with zero attached hydrogens (tertiary/aromatic N) is 9. The number of aliphatic hydroxyl groups is 5. The highest BCUT2D eigenvalue weighted by Crippen LogP contribution is 2.56. The molecule has 25 nitrogen and oxygen atoms in total. The predicted molar refractivity (Wildman–Crippen MR) is 323 cm³/mol. The van der Waals surface area contributed by atoms with Crippen LogP contribution in [0, 0.1) is 0 Å². The molecular weight excluding hydrogens is 1240 g/mol. The number of hydrogen-bond acceptors (Lipinski definition) is 22. The molecule has 5 fully saturated rings. The number of aromatic nitrogens is 9. The fourth-order valence-corrected chi connectivity index (χ4v) is 13.3. The third-order valence-electron chi connectivity index (χ3n) is 16.8. The van der Waals surface area contributed by atoms with Crippen LogP contribution in [0.4, 0.5) is 11.6 Å². The minimum absolute atomic E-state index is 0.195. The normalized spacial score (nSPS) is 30.1. The van der Waals surface area contributed by atoms with E-state index in [0.717, 1.165) is 0 Å². The van der Waals surface area contributed by atoms with Crippen molar-refractivity contribution in [3.8, 4) is 0 Å². The van der Waals surface area contributed by atoms with Gasteiger partial charge >= 0.3 is 0 Å². The average Bonchev–Trinajstić information content (AvgIpc) is 1.57. The van der Waals surface area contributed by atoms with E-state index in [4.69, 9.17) is 79.6 Å². The van der Waals surface area contributed by atoms with E-state index >= 15 is 0 Å². The van der Waals surface area contributed by atoms with Crippen molar-refractivity contribution in [2.45, 2.75) is 150 Å². The second-order valence-corrected chi connectivity index (χ2v) is 25.3. The third kappa shape index (κ3) is 11.3. The van der Waals surface area contributed by atoms with Crippen molar-refractivity contribution >= 4 is 91.1 Å². The molecular formula is C60H63Cl4N11O14. The zero-order valence-corrected chi connectivity index (χ0v) is 51.6. The van der Waals surface area contributed by atoms with Gasteiger partial charge in [0.2, 0.25) is 0 Å². The number of ether oxygens (including phenoxy) is 7. The minimum atomic E-state index is -1.74. The first-order valence-electron chi connectivity index (χ1n) is 28.1. The van der Waals surface area contributed by atoms with Crippen LogP contribution in [0.15, 0.2) is 129 Å². The van der Waals surface area contributed by atoms with Crippen molar-refractivity contribution in [1.82, 2.24) is 43.6 Å². The Kier molecular flexibility index (Phi) is 16.8. The topological polar surface area (TPSA) is 322 Å². The van der Waals surface area contributed by atoms with Crippen molar-refractivity contribution in [1.29, 1.82) is 0 Å². The Hall–Kier alpha value is -6.28. The van der Waals surface area contributed by atoms with Gasteiger partial charge in [0.1, 0.15) is 113 Å². The molecule has 89 heavy (non-hydrogen) atoms. The van der Waals surface area contributed by atoms with Gasteiger partial charge < -0.3 is 72.4 Å². The summed E-state index contributed by atoms with van der Waals surface area (Å²) in [5.41, 5.74) is 3.88. The highest BCUT2D eigenvalue weighted by molar-refractivity contribution is 6.34. The fourth-order valence-electron chi connectivity index (χ4n) is 12.7. The van der Waals surface area contributed by atoms with E-state index in [2.05, 4.69) is 35.4 Å². The molecule has 470 valence electrons. The van der Waals surface area contributed by atoms with Crippen LogP contribution >= 0.6 is 46.4 Å². The molecule has 0 aliphatic carbocycles. The number of fused-ring (bicyclic) bond motifs is 5. The molecule has 5 saturated heterocycles. The van der Waals surface area contributed by atoms with E-state index in [0.29, 0.717) is 70.0 Å². The molecule has 1 unspecified atom stereocenters. The Bertz CT molecular complexity index is 4030. The SMILES string of the molecule is CC1(C)O[C@H]2[C@H](n3ccc4c(Cl)ncnc43)O[C@H]([C@H](O)c3ccc(Cl)cc3)[C@@]2(C)O1.CC1(C)O[C@H]2[C@H](n3ccc4c(NO)ncnc43)O[C@H]([C@H](O)c3ccc(Cl)cc3)[C@@]2(C)O1.C[C@@]1(O)[C@@H]([C@H](O)c2ccc(Cl)cc2)OC(n2ccc3c(NO)ncnc32)[C@@H]1O. The molecule has 29 heteroatoms. The highest BCUT2D eigenvalue weighted by atomic mass is 35.5. The summed E-state index contributed by atoms with van der Waals surface area (Å²) in [6.07, 6.45) is -0.984. The van der Waals surface area contributed by atoms with Crippen LogP contribution in [-0.4, -0.2) is 145 Å².